The molecule has 0 spiro atoms. The van der Waals surface area contributed by atoms with Crippen molar-refractivity contribution in [3.05, 3.63) is 60.4 Å². The van der Waals surface area contributed by atoms with Crippen LogP contribution in [0.1, 0.15) is 19.4 Å². The Kier molecular flexibility index (Phi) is 6.24. The first-order valence-corrected chi connectivity index (χ1v) is 9.81. The van der Waals surface area contributed by atoms with E-state index in [9.17, 15) is 4.79 Å². The second-order valence-electron chi connectivity index (χ2n) is 6.50. The fourth-order valence-corrected chi connectivity index (χ4v) is 3.53. The maximum Gasteiger partial charge on any atom is 0.233 e. The van der Waals surface area contributed by atoms with Crippen LogP contribution in [0, 0.1) is 0 Å². The lowest BCUT2D eigenvalue weighted by atomic mass is 10.2. The predicted octanol–water partition coefficient (Wildman–Crippen LogP) is 3.41. The van der Waals surface area contributed by atoms with Gasteiger partial charge in [0.2, 0.25) is 5.91 Å². The topological polar surface area (TPSA) is 63.9 Å². The molecule has 0 saturated carbocycles. The molecule has 0 atom stereocenters. The van der Waals surface area contributed by atoms with Gasteiger partial charge in [-0.05, 0) is 31.5 Å². The Labute approximate surface area is 163 Å². The summed E-state index contributed by atoms with van der Waals surface area (Å²) < 4.78 is 1.89. The van der Waals surface area contributed by atoms with Crippen LogP contribution in [-0.2, 0) is 18.4 Å². The summed E-state index contributed by atoms with van der Waals surface area (Å²) in [5.41, 5.74) is 2.03. The molecular weight excluding hydrogens is 358 g/mol. The minimum absolute atomic E-state index is 0.0878. The van der Waals surface area contributed by atoms with Crippen LogP contribution in [0.3, 0.4) is 0 Å². The Morgan fingerprint density at radius 3 is 2.59 bits per heavy atom. The number of carbonyl (C=O) groups is 1. The summed E-state index contributed by atoms with van der Waals surface area (Å²) in [6, 6.07) is 14.0. The number of amides is 1. The van der Waals surface area contributed by atoms with Gasteiger partial charge in [-0.25, -0.2) is 0 Å². The van der Waals surface area contributed by atoms with E-state index < -0.39 is 0 Å². The molecule has 2 heterocycles. The van der Waals surface area contributed by atoms with E-state index in [0.29, 0.717) is 17.5 Å². The van der Waals surface area contributed by atoms with Crippen LogP contribution in [0.4, 0.5) is 0 Å². The highest BCUT2D eigenvalue weighted by atomic mass is 32.2. The first kappa shape index (κ1) is 19.1. The van der Waals surface area contributed by atoms with Crippen LogP contribution in [-0.4, -0.2) is 42.4 Å². The number of pyridine rings is 1. The van der Waals surface area contributed by atoms with Crippen molar-refractivity contribution in [3.8, 4) is 11.4 Å². The highest BCUT2D eigenvalue weighted by Gasteiger charge is 2.19. The summed E-state index contributed by atoms with van der Waals surface area (Å²) >= 11 is 1.40. The third-order valence-corrected chi connectivity index (χ3v) is 5.22. The van der Waals surface area contributed by atoms with E-state index in [4.69, 9.17) is 0 Å². The van der Waals surface area contributed by atoms with Crippen molar-refractivity contribution >= 4 is 17.7 Å². The van der Waals surface area contributed by atoms with E-state index in [1.54, 1.807) is 12.4 Å². The molecule has 6 nitrogen and oxygen atoms in total. The van der Waals surface area contributed by atoms with Gasteiger partial charge in [-0.1, -0.05) is 42.1 Å². The van der Waals surface area contributed by atoms with E-state index in [1.165, 1.54) is 11.8 Å². The zero-order valence-electron chi connectivity index (χ0n) is 15.7. The number of thioether (sulfide) groups is 1. The van der Waals surface area contributed by atoms with Crippen molar-refractivity contribution in [1.82, 2.24) is 24.6 Å². The zero-order chi connectivity index (χ0) is 19.2. The number of nitrogens with zero attached hydrogens (tertiary/aromatic N) is 5. The second kappa shape index (κ2) is 8.81. The molecule has 7 heteroatoms. The predicted molar refractivity (Wildman–Crippen MR) is 107 cm³/mol. The van der Waals surface area contributed by atoms with E-state index in [2.05, 4.69) is 15.2 Å². The van der Waals surface area contributed by atoms with Gasteiger partial charge in [0.25, 0.3) is 0 Å². The first-order valence-electron chi connectivity index (χ1n) is 8.82. The third kappa shape index (κ3) is 4.74. The molecule has 0 saturated heterocycles. The molecule has 0 N–H and O–H groups in total. The minimum atomic E-state index is 0.0878. The molecule has 0 radical (unpaired) electrons. The van der Waals surface area contributed by atoms with Gasteiger partial charge in [0.1, 0.15) is 0 Å². The first-order chi connectivity index (χ1) is 13.1. The highest BCUT2D eigenvalue weighted by Crippen LogP contribution is 2.22. The fourth-order valence-electron chi connectivity index (χ4n) is 2.74. The van der Waals surface area contributed by atoms with Crippen LogP contribution in [0.15, 0.2) is 60.0 Å². The van der Waals surface area contributed by atoms with Crippen LogP contribution in [0.5, 0.6) is 0 Å². The molecule has 0 fully saturated rings. The van der Waals surface area contributed by atoms with Gasteiger partial charge in [0.05, 0.1) is 5.75 Å². The van der Waals surface area contributed by atoms with E-state index in [-0.39, 0.29) is 11.9 Å². The van der Waals surface area contributed by atoms with Crippen LogP contribution >= 0.6 is 11.8 Å². The standard InChI is InChI=1S/C20H23N5OS/c1-15(2)25(13-16-8-5-4-6-9-16)18(26)14-27-20-23-22-19(24(20)3)17-10-7-11-21-12-17/h4-12,15H,13-14H2,1-3H3. The van der Waals surface area contributed by atoms with Gasteiger partial charge in [-0.2, -0.15) is 0 Å². The van der Waals surface area contributed by atoms with E-state index in [0.717, 1.165) is 17.0 Å². The Hall–Kier alpha value is -2.67. The third-order valence-electron chi connectivity index (χ3n) is 4.22. The molecule has 0 unspecified atom stereocenters. The summed E-state index contributed by atoms with van der Waals surface area (Å²) in [5, 5.41) is 9.18. The molecule has 2 aromatic heterocycles. The van der Waals surface area contributed by atoms with Crippen molar-refractivity contribution in [1.29, 1.82) is 0 Å². The summed E-state index contributed by atoms with van der Waals surface area (Å²) in [6.07, 6.45) is 3.48. The van der Waals surface area contributed by atoms with Gasteiger partial charge in [0, 0.05) is 37.6 Å². The normalized spacial score (nSPS) is 11.0. The molecule has 0 aliphatic heterocycles. The highest BCUT2D eigenvalue weighted by molar-refractivity contribution is 7.99. The van der Waals surface area contributed by atoms with E-state index in [1.807, 2.05) is 72.8 Å². The SMILES string of the molecule is CC(C)N(Cc1ccccc1)C(=O)CSc1nnc(-c2cccnc2)n1C. The average molecular weight is 382 g/mol. The number of benzene rings is 1. The van der Waals surface area contributed by atoms with Gasteiger partial charge in [-0.3, -0.25) is 9.78 Å². The Bertz CT molecular complexity index is 880. The summed E-state index contributed by atoms with van der Waals surface area (Å²) in [7, 11) is 1.90. The average Bonchev–Trinajstić information content (AvgIpc) is 3.06. The lowest BCUT2D eigenvalue weighted by Crippen LogP contribution is -2.37. The van der Waals surface area contributed by atoms with Crippen molar-refractivity contribution in [2.75, 3.05) is 5.75 Å². The molecular formula is C20H23N5OS. The van der Waals surface area contributed by atoms with Crippen LogP contribution in [0.25, 0.3) is 11.4 Å². The Morgan fingerprint density at radius 1 is 1.15 bits per heavy atom. The van der Waals surface area contributed by atoms with Crippen molar-refractivity contribution < 1.29 is 4.79 Å². The molecule has 3 rings (SSSR count). The quantitative estimate of drug-likeness (QED) is 0.587. The number of rotatable bonds is 7. The van der Waals surface area contributed by atoms with Gasteiger partial charge in [0.15, 0.2) is 11.0 Å². The number of carbonyl (C=O) groups excluding carboxylic acids is 1. The minimum Gasteiger partial charge on any atom is -0.335 e. The van der Waals surface area contributed by atoms with Gasteiger partial charge in [-0.15, -0.1) is 10.2 Å². The van der Waals surface area contributed by atoms with E-state index >= 15 is 0 Å². The molecule has 1 aromatic carbocycles. The van der Waals surface area contributed by atoms with Crippen LogP contribution in [0.2, 0.25) is 0 Å². The largest absolute Gasteiger partial charge is 0.335 e. The maximum absolute atomic E-state index is 12.8. The molecule has 0 bridgehead atoms. The lowest BCUT2D eigenvalue weighted by molar-refractivity contribution is -0.130. The summed E-state index contributed by atoms with van der Waals surface area (Å²) in [6.45, 7) is 4.68. The summed E-state index contributed by atoms with van der Waals surface area (Å²) in [4.78, 5) is 18.8. The van der Waals surface area contributed by atoms with Crippen molar-refractivity contribution in [2.24, 2.45) is 7.05 Å². The number of aromatic nitrogens is 4. The molecule has 1 amide bonds. The molecule has 140 valence electrons. The molecule has 3 aromatic rings. The summed E-state index contributed by atoms with van der Waals surface area (Å²) in [5.74, 6) is 1.15. The number of hydrogen-bond donors (Lipinski definition) is 0. The lowest BCUT2D eigenvalue weighted by Gasteiger charge is -2.26. The second-order valence-corrected chi connectivity index (χ2v) is 7.44. The smallest absolute Gasteiger partial charge is 0.233 e. The van der Waals surface area contributed by atoms with Gasteiger partial charge < -0.3 is 9.47 Å². The molecule has 0 aliphatic carbocycles. The zero-order valence-corrected chi connectivity index (χ0v) is 16.6. The monoisotopic (exact) mass is 381 g/mol. The van der Waals surface area contributed by atoms with Gasteiger partial charge >= 0.3 is 0 Å². The number of hydrogen-bond acceptors (Lipinski definition) is 5. The Balaban J connectivity index is 1.66. The maximum atomic E-state index is 12.8. The van der Waals surface area contributed by atoms with Crippen molar-refractivity contribution in [2.45, 2.75) is 31.6 Å². The molecule has 0 aliphatic rings. The fraction of sp³-hybridized carbons (Fsp3) is 0.300. The molecule has 27 heavy (non-hydrogen) atoms. The van der Waals surface area contributed by atoms with Crippen molar-refractivity contribution in [3.63, 3.8) is 0 Å². The Morgan fingerprint density at radius 2 is 1.93 bits per heavy atom. The van der Waals surface area contributed by atoms with Crippen LogP contribution < -0.4 is 0 Å².